The number of amides is 1. The largest absolute Gasteiger partial charge is 0.326 e. The van der Waals surface area contributed by atoms with Gasteiger partial charge in [0.25, 0.3) is 0 Å². The van der Waals surface area contributed by atoms with E-state index >= 15 is 0 Å². The molecule has 0 bridgehead atoms. The van der Waals surface area contributed by atoms with E-state index in [4.69, 9.17) is 0 Å². The van der Waals surface area contributed by atoms with Gasteiger partial charge < -0.3 is 5.32 Å². The summed E-state index contributed by atoms with van der Waals surface area (Å²) in [4.78, 5) is 11.7. The zero-order chi connectivity index (χ0) is 12.1. The van der Waals surface area contributed by atoms with Crippen LogP contribution in [0.15, 0.2) is 24.3 Å². The lowest BCUT2D eigenvalue weighted by Crippen LogP contribution is -2.19. The number of carbonyl (C=O) groups is 1. The average Bonchev–Trinajstić information content (AvgIpc) is 2.28. The number of hydrogen-bond donors (Lipinski definition) is 1. The molecule has 16 heavy (non-hydrogen) atoms. The molecule has 1 atom stereocenters. The number of hydrogen-bond acceptors (Lipinski definition) is 1. The number of anilines is 1. The monoisotopic (exact) mass is 219 g/mol. The molecule has 0 fully saturated rings. The van der Waals surface area contributed by atoms with E-state index in [0.29, 0.717) is 5.92 Å². The summed E-state index contributed by atoms with van der Waals surface area (Å²) in [5.41, 5.74) is 2.15. The third-order valence-electron chi connectivity index (χ3n) is 2.88. The van der Waals surface area contributed by atoms with Crippen LogP contribution in [0.3, 0.4) is 0 Å². The molecule has 0 radical (unpaired) electrons. The Morgan fingerprint density at radius 2 is 2.00 bits per heavy atom. The van der Waals surface area contributed by atoms with Crippen LogP contribution in [0.2, 0.25) is 0 Å². The van der Waals surface area contributed by atoms with E-state index in [1.165, 1.54) is 5.56 Å². The number of carbonyl (C=O) groups excluding carboxylic acids is 1. The smallest absolute Gasteiger partial charge is 0.227 e. The molecule has 0 aromatic heterocycles. The molecule has 0 saturated carbocycles. The first-order valence-electron chi connectivity index (χ1n) is 5.95. The van der Waals surface area contributed by atoms with Crippen LogP contribution in [0.1, 0.15) is 45.6 Å². The van der Waals surface area contributed by atoms with Crippen molar-refractivity contribution < 1.29 is 4.79 Å². The first-order valence-corrected chi connectivity index (χ1v) is 5.95. The zero-order valence-corrected chi connectivity index (χ0v) is 10.6. The highest BCUT2D eigenvalue weighted by Crippen LogP contribution is 2.19. The SMILES string of the molecule is CCC(C)C(=O)Nc1cccc(C(C)C)c1. The molecule has 88 valence electrons. The van der Waals surface area contributed by atoms with Crippen molar-refractivity contribution in [2.24, 2.45) is 5.92 Å². The maximum absolute atomic E-state index is 11.7. The van der Waals surface area contributed by atoms with Gasteiger partial charge in [0.15, 0.2) is 0 Å². The first kappa shape index (κ1) is 12.8. The summed E-state index contributed by atoms with van der Waals surface area (Å²) in [7, 11) is 0. The van der Waals surface area contributed by atoms with E-state index in [2.05, 4.69) is 25.2 Å². The van der Waals surface area contributed by atoms with Crippen LogP contribution in [-0.2, 0) is 4.79 Å². The highest BCUT2D eigenvalue weighted by Gasteiger charge is 2.10. The van der Waals surface area contributed by atoms with E-state index in [9.17, 15) is 4.79 Å². The van der Waals surface area contributed by atoms with Crippen LogP contribution in [0, 0.1) is 5.92 Å². The fraction of sp³-hybridized carbons (Fsp3) is 0.500. The number of nitrogens with one attached hydrogen (secondary N) is 1. The van der Waals surface area contributed by atoms with Gasteiger partial charge >= 0.3 is 0 Å². The molecule has 0 spiro atoms. The first-order chi connectivity index (χ1) is 7.54. The highest BCUT2D eigenvalue weighted by atomic mass is 16.1. The Kier molecular flexibility index (Phi) is 4.53. The van der Waals surface area contributed by atoms with Crippen molar-refractivity contribution in [1.29, 1.82) is 0 Å². The van der Waals surface area contributed by atoms with Crippen molar-refractivity contribution in [3.05, 3.63) is 29.8 Å². The zero-order valence-electron chi connectivity index (χ0n) is 10.6. The standard InChI is InChI=1S/C14H21NO/c1-5-11(4)14(16)15-13-8-6-7-12(9-13)10(2)3/h6-11H,5H2,1-4H3,(H,15,16). The second-order valence-corrected chi connectivity index (χ2v) is 4.58. The third kappa shape index (κ3) is 3.37. The van der Waals surface area contributed by atoms with Crippen molar-refractivity contribution in [3.63, 3.8) is 0 Å². The number of benzene rings is 1. The Hall–Kier alpha value is -1.31. The number of rotatable bonds is 4. The molecule has 2 heteroatoms. The molecular formula is C14H21NO. The van der Waals surface area contributed by atoms with Crippen molar-refractivity contribution in [1.82, 2.24) is 0 Å². The second kappa shape index (κ2) is 5.69. The molecule has 1 rings (SSSR count). The van der Waals surface area contributed by atoms with Crippen molar-refractivity contribution in [2.75, 3.05) is 5.32 Å². The van der Waals surface area contributed by atoms with E-state index in [0.717, 1.165) is 12.1 Å². The van der Waals surface area contributed by atoms with Crippen LogP contribution >= 0.6 is 0 Å². The Bertz CT molecular complexity index is 358. The third-order valence-corrected chi connectivity index (χ3v) is 2.88. The molecule has 2 nitrogen and oxygen atoms in total. The normalized spacial score (nSPS) is 12.6. The van der Waals surface area contributed by atoms with Gasteiger partial charge in [0.2, 0.25) is 5.91 Å². The minimum absolute atomic E-state index is 0.0720. The summed E-state index contributed by atoms with van der Waals surface area (Å²) in [5, 5.41) is 2.95. The van der Waals surface area contributed by atoms with Gasteiger partial charge in [-0.25, -0.2) is 0 Å². The molecular weight excluding hydrogens is 198 g/mol. The molecule has 0 aliphatic rings. The predicted molar refractivity (Wildman–Crippen MR) is 68.6 cm³/mol. The van der Waals surface area contributed by atoms with Crippen LogP contribution in [0.25, 0.3) is 0 Å². The van der Waals surface area contributed by atoms with Gasteiger partial charge in [0.1, 0.15) is 0 Å². The van der Waals surface area contributed by atoms with E-state index in [-0.39, 0.29) is 11.8 Å². The quantitative estimate of drug-likeness (QED) is 0.820. The van der Waals surface area contributed by atoms with Crippen LogP contribution in [-0.4, -0.2) is 5.91 Å². The second-order valence-electron chi connectivity index (χ2n) is 4.58. The van der Waals surface area contributed by atoms with E-state index in [1.807, 2.05) is 32.0 Å². The molecule has 1 unspecified atom stereocenters. The summed E-state index contributed by atoms with van der Waals surface area (Å²) < 4.78 is 0. The molecule has 1 aromatic rings. The van der Waals surface area contributed by atoms with Gasteiger partial charge in [-0.1, -0.05) is 39.8 Å². The molecule has 1 N–H and O–H groups in total. The minimum atomic E-state index is 0.0720. The molecule has 1 amide bonds. The molecule has 0 saturated heterocycles. The lowest BCUT2D eigenvalue weighted by Gasteiger charge is -2.12. The summed E-state index contributed by atoms with van der Waals surface area (Å²) in [6.45, 7) is 8.27. The average molecular weight is 219 g/mol. The molecule has 0 heterocycles. The van der Waals surface area contributed by atoms with Crippen LogP contribution in [0.5, 0.6) is 0 Å². The van der Waals surface area contributed by atoms with Crippen molar-refractivity contribution in [2.45, 2.75) is 40.0 Å². The minimum Gasteiger partial charge on any atom is -0.326 e. The summed E-state index contributed by atoms with van der Waals surface area (Å²) in [6.07, 6.45) is 0.871. The maximum atomic E-state index is 11.7. The van der Waals surface area contributed by atoms with Gasteiger partial charge in [-0.05, 0) is 30.0 Å². The van der Waals surface area contributed by atoms with Gasteiger partial charge in [-0.3, -0.25) is 4.79 Å². The van der Waals surface area contributed by atoms with E-state index < -0.39 is 0 Å². The van der Waals surface area contributed by atoms with Crippen molar-refractivity contribution in [3.8, 4) is 0 Å². The van der Waals surface area contributed by atoms with Gasteiger partial charge in [0, 0.05) is 11.6 Å². The Morgan fingerprint density at radius 3 is 2.56 bits per heavy atom. The van der Waals surface area contributed by atoms with Crippen molar-refractivity contribution >= 4 is 11.6 Å². The molecule has 0 aliphatic carbocycles. The Morgan fingerprint density at radius 1 is 1.31 bits per heavy atom. The lowest BCUT2D eigenvalue weighted by atomic mass is 10.0. The molecule has 0 aliphatic heterocycles. The maximum Gasteiger partial charge on any atom is 0.227 e. The van der Waals surface area contributed by atoms with Crippen LogP contribution in [0.4, 0.5) is 5.69 Å². The predicted octanol–water partition coefficient (Wildman–Crippen LogP) is 3.79. The van der Waals surface area contributed by atoms with Gasteiger partial charge in [-0.15, -0.1) is 0 Å². The summed E-state index contributed by atoms with van der Waals surface area (Å²) >= 11 is 0. The highest BCUT2D eigenvalue weighted by molar-refractivity contribution is 5.92. The summed E-state index contributed by atoms with van der Waals surface area (Å²) in [5.74, 6) is 0.659. The topological polar surface area (TPSA) is 29.1 Å². The summed E-state index contributed by atoms with van der Waals surface area (Å²) in [6, 6.07) is 8.06. The Balaban J connectivity index is 2.74. The van der Waals surface area contributed by atoms with Gasteiger partial charge in [-0.2, -0.15) is 0 Å². The fourth-order valence-corrected chi connectivity index (χ4v) is 1.43. The van der Waals surface area contributed by atoms with Crippen LogP contribution < -0.4 is 5.32 Å². The molecule has 1 aromatic carbocycles. The van der Waals surface area contributed by atoms with E-state index in [1.54, 1.807) is 0 Å². The Labute approximate surface area is 98.1 Å². The lowest BCUT2D eigenvalue weighted by molar-refractivity contribution is -0.119. The van der Waals surface area contributed by atoms with Gasteiger partial charge in [0.05, 0.1) is 0 Å². The fourth-order valence-electron chi connectivity index (χ4n) is 1.43.